The summed E-state index contributed by atoms with van der Waals surface area (Å²) < 4.78 is 0. The van der Waals surface area contributed by atoms with Gasteiger partial charge in [-0.25, -0.2) is 9.86 Å². The Morgan fingerprint density at radius 1 is 1.12 bits per heavy atom. The summed E-state index contributed by atoms with van der Waals surface area (Å²) in [7, 11) is 0. The number of nitrogens with zero attached hydrogens (tertiary/aromatic N) is 1. The summed E-state index contributed by atoms with van der Waals surface area (Å²) >= 11 is 0. The molecule has 0 aliphatic heterocycles. The molecule has 0 aliphatic rings. The van der Waals surface area contributed by atoms with Crippen molar-refractivity contribution in [1.29, 1.82) is 0 Å². The summed E-state index contributed by atoms with van der Waals surface area (Å²) in [6, 6.07) is -2.16. The Labute approximate surface area is 95.0 Å². The van der Waals surface area contributed by atoms with E-state index in [1.807, 2.05) is 0 Å². The van der Waals surface area contributed by atoms with Gasteiger partial charge in [-0.15, -0.1) is 0 Å². The Morgan fingerprint density at radius 3 is 1.81 bits per heavy atom. The standard InChI is InChI=1S/C10H20N2O4/c1-5(2)7(11)9(13)12(16)8(6(3)4)10(14)15/h5-8,16H,11H2,1-4H3,(H,14,15)/t7-,8-/m0/s1. The van der Waals surface area contributed by atoms with Gasteiger partial charge in [-0.05, 0) is 11.8 Å². The van der Waals surface area contributed by atoms with E-state index in [1.54, 1.807) is 27.7 Å². The number of amides is 1. The van der Waals surface area contributed by atoms with Crippen molar-refractivity contribution in [2.45, 2.75) is 39.8 Å². The van der Waals surface area contributed by atoms with Gasteiger partial charge in [-0.1, -0.05) is 27.7 Å². The monoisotopic (exact) mass is 232 g/mol. The fraction of sp³-hybridized carbons (Fsp3) is 0.800. The third kappa shape index (κ3) is 3.46. The lowest BCUT2D eigenvalue weighted by Crippen LogP contribution is -2.53. The maximum absolute atomic E-state index is 11.6. The average Bonchev–Trinajstić information content (AvgIpc) is 2.13. The van der Waals surface area contributed by atoms with Crippen molar-refractivity contribution in [2.24, 2.45) is 17.6 Å². The molecule has 0 saturated heterocycles. The third-order valence-corrected chi connectivity index (χ3v) is 2.38. The number of carboxylic acid groups (broad SMARTS) is 1. The lowest BCUT2D eigenvalue weighted by molar-refractivity contribution is -0.191. The predicted molar refractivity (Wildman–Crippen MR) is 57.7 cm³/mol. The first-order chi connectivity index (χ1) is 7.20. The second-order valence-electron chi connectivity index (χ2n) is 4.48. The summed E-state index contributed by atoms with van der Waals surface area (Å²) in [6.07, 6.45) is 0. The van der Waals surface area contributed by atoms with Crippen molar-refractivity contribution in [2.75, 3.05) is 0 Å². The van der Waals surface area contributed by atoms with E-state index < -0.39 is 29.9 Å². The normalized spacial score (nSPS) is 15.0. The molecule has 0 heterocycles. The quantitative estimate of drug-likeness (QED) is 0.467. The van der Waals surface area contributed by atoms with E-state index in [-0.39, 0.29) is 11.0 Å². The van der Waals surface area contributed by atoms with E-state index >= 15 is 0 Å². The lowest BCUT2D eigenvalue weighted by Gasteiger charge is -2.28. The van der Waals surface area contributed by atoms with Crippen LogP contribution in [0.15, 0.2) is 0 Å². The van der Waals surface area contributed by atoms with Crippen molar-refractivity contribution in [3.63, 3.8) is 0 Å². The van der Waals surface area contributed by atoms with Gasteiger partial charge >= 0.3 is 5.97 Å². The van der Waals surface area contributed by atoms with Gasteiger partial charge in [0.1, 0.15) is 0 Å². The number of carbonyl (C=O) groups excluding carboxylic acids is 1. The van der Waals surface area contributed by atoms with Gasteiger partial charge in [0.15, 0.2) is 6.04 Å². The van der Waals surface area contributed by atoms with Crippen LogP contribution in [0, 0.1) is 11.8 Å². The number of hydrogen-bond acceptors (Lipinski definition) is 4. The molecule has 0 aromatic heterocycles. The van der Waals surface area contributed by atoms with Crippen LogP contribution in [0.1, 0.15) is 27.7 Å². The first-order valence-electron chi connectivity index (χ1n) is 5.20. The highest BCUT2D eigenvalue weighted by Crippen LogP contribution is 2.12. The van der Waals surface area contributed by atoms with Gasteiger partial charge in [0.05, 0.1) is 6.04 Å². The van der Waals surface area contributed by atoms with Crippen LogP contribution in [0.5, 0.6) is 0 Å². The molecular weight excluding hydrogens is 212 g/mol. The van der Waals surface area contributed by atoms with Gasteiger partial charge < -0.3 is 10.8 Å². The first kappa shape index (κ1) is 14.9. The minimum absolute atomic E-state index is 0.163. The molecule has 6 nitrogen and oxygen atoms in total. The fourth-order valence-corrected chi connectivity index (χ4v) is 1.25. The largest absolute Gasteiger partial charge is 0.480 e. The molecule has 0 spiro atoms. The first-order valence-corrected chi connectivity index (χ1v) is 5.20. The van der Waals surface area contributed by atoms with Crippen molar-refractivity contribution in [1.82, 2.24) is 5.06 Å². The second-order valence-corrected chi connectivity index (χ2v) is 4.48. The summed E-state index contributed by atoms with van der Waals surface area (Å²) in [5, 5.41) is 18.7. The molecule has 0 fully saturated rings. The molecule has 0 radical (unpaired) electrons. The van der Waals surface area contributed by atoms with E-state index in [0.717, 1.165) is 0 Å². The van der Waals surface area contributed by atoms with Crippen LogP contribution in [0.4, 0.5) is 0 Å². The topological polar surface area (TPSA) is 104 Å². The molecule has 16 heavy (non-hydrogen) atoms. The maximum atomic E-state index is 11.6. The van der Waals surface area contributed by atoms with Crippen LogP contribution >= 0.6 is 0 Å². The molecule has 0 bridgehead atoms. The Kier molecular flexibility index (Phi) is 5.40. The molecule has 0 aromatic rings. The zero-order valence-electron chi connectivity index (χ0n) is 10.0. The van der Waals surface area contributed by atoms with Crippen molar-refractivity contribution in [3.05, 3.63) is 0 Å². The van der Waals surface area contributed by atoms with E-state index in [1.165, 1.54) is 0 Å². The molecule has 0 aliphatic carbocycles. The third-order valence-electron chi connectivity index (χ3n) is 2.38. The molecular formula is C10H20N2O4. The van der Waals surface area contributed by atoms with Gasteiger partial charge in [0, 0.05) is 0 Å². The number of aliphatic carboxylic acids is 1. The lowest BCUT2D eigenvalue weighted by atomic mass is 10.0. The Bertz CT molecular complexity index is 266. The molecule has 1 amide bonds. The Morgan fingerprint density at radius 2 is 1.56 bits per heavy atom. The van der Waals surface area contributed by atoms with Crippen LogP contribution in [0.25, 0.3) is 0 Å². The predicted octanol–water partition coefficient (Wildman–Crippen LogP) is 0.297. The van der Waals surface area contributed by atoms with E-state index in [2.05, 4.69) is 0 Å². The number of carbonyl (C=O) groups is 2. The zero-order chi connectivity index (χ0) is 13.0. The van der Waals surface area contributed by atoms with Gasteiger partial charge in [-0.2, -0.15) is 0 Å². The molecule has 2 atom stereocenters. The SMILES string of the molecule is CC(C)[C@H](N)C(=O)N(O)[C@H](C(=O)O)C(C)C. The van der Waals surface area contributed by atoms with Gasteiger partial charge in [0.25, 0.3) is 5.91 Å². The molecule has 4 N–H and O–H groups in total. The number of hydrogen-bond donors (Lipinski definition) is 3. The highest BCUT2D eigenvalue weighted by atomic mass is 16.5. The highest BCUT2D eigenvalue weighted by molar-refractivity contribution is 5.86. The van der Waals surface area contributed by atoms with Gasteiger partial charge in [-0.3, -0.25) is 10.0 Å². The Balaban J connectivity index is 4.81. The van der Waals surface area contributed by atoms with Crippen LogP contribution < -0.4 is 5.73 Å². The van der Waals surface area contributed by atoms with Crippen LogP contribution in [-0.2, 0) is 9.59 Å². The molecule has 0 aromatic carbocycles. The maximum Gasteiger partial charge on any atom is 0.329 e. The number of hydroxylamine groups is 2. The number of rotatable bonds is 5. The van der Waals surface area contributed by atoms with E-state index in [9.17, 15) is 14.8 Å². The van der Waals surface area contributed by atoms with E-state index in [4.69, 9.17) is 10.8 Å². The van der Waals surface area contributed by atoms with E-state index in [0.29, 0.717) is 0 Å². The molecule has 94 valence electrons. The fourth-order valence-electron chi connectivity index (χ4n) is 1.25. The summed E-state index contributed by atoms with van der Waals surface area (Å²) in [6.45, 7) is 6.66. The summed E-state index contributed by atoms with van der Waals surface area (Å²) in [4.78, 5) is 22.5. The molecule has 0 unspecified atom stereocenters. The number of carboxylic acids is 1. The minimum Gasteiger partial charge on any atom is -0.480 e. The van der Waals surface area contributed by atoms with Crippen LogP contribution in [-0.4, -0.2) is 39.3 Å². The average molecular weight is 232 g/mol. The Hall–Kier alpha value is -1.14. The highest BCUT2D eigenvalue weighted by Gasteiger charge is 2.34. The number of nitrogens with two attached hydrogens (primary N) is 1. The summed E-state index contributed by atoms with van der Waals surface area (Å²) in [5.41, 5.74) is 5.55. The van der Waals surface area contributed by atoms with Crippen LogP contribution in [0.2, 0.25) is 0 Å². The van der Waals surface area contributed by atoms with Crippen molar-refractivity contribution in [3.8, 4) is 0 Å². The second kappa shape index (κ2) is 5.81. The smallest absolute Gasteiger partial charge is 0.329 e. The van der Waals surface area contributed by atoms with Crippen LogP contribution in [0.3, 0.4) is 0 Å². The summed E-state index contributed by atoms with van der Waals surface area (Å²) in [5.74, 6) is -2.58. The molecule has 0 saturated carbocycles. The molecule has 0 rings (SSSR count). The van der Waals surface area contributed by atoms with Crippen molar-refractivity contribution >= 4 is 11.9 Å². The molecule has 6 heteroatoms. The minimum atomic E-state index is -1.27. The van der Waals surface area contributed by atoms with Gasteiger partial charge in [0.2, 0.25) is 0 Å². The zero-order valence-corrected chi connectivity index (χ0v) is 10.0. The van der Waals surface area contributed by atoms with Crippen molar-refractivity contribution < 1.29 is 19.9 Å².